The van der Waals surface area contributed by atoms with Crippen molar-refractivity contribution in [2.75, 3.05) is 26.0 Å². The fourth-order valence-electron chi connectivity index (χ4n) is 3.00. The molecule has 0 spiro atoms. The Balaban J connectivity index is 1.72. The van der Waals surface area contributed by atoms with Crippen LogP contribution in [0.3, 0.4) is 0 Å². The van der Waals surface area contributed by atoms with Crippen LogP contribution in [0.25, 0.3) is 6.08 Å². The summed E-state index contributed by atoms with van der Waals surface area (Å²) in [4.78, 5) is 14.4. The maximum atomic E-state index is 12.7. The second kappa shape index (κ2) is 6.33. The summed E-state index contributed by atoms with van der Waals surface area (Å²) >= 11 is 0. The number of piperidine rings is 1. The number of para-hydroxylation sites is 1. The summed E-state index contributed by atoms with van der Waals surface area (Å²) in [5.74, 6) is 0.693. The second-order valence-corrected chi connectivity index (χ2v) is 7.76. The minimum atomic E-state index is -3.26. The monoisotopic (exact) mass is 336 g/mol. The lowest BCUT2D eigenvalue weighted by Gasteiger charge is -2.33. The molecule has 2 aliphatic rings. The van der Waals surface area contributed by atoms with Crippen molar-refractivity contribution in [3.8, 4) is 5.75 Å². The molecule has 0 radical (unpaired) electrons. The molecule has 0 aliphatic carbocycles. The highest BCUT2D eigenvalue weighted by atomic mass is 32.2. The van der Waals surface area contributed by atoms with Gasteiger partial charge in [-0.1, -0.05) is 18.2 Å². The highest BCUT2D eigenvalue weighted by Crippen LogP contribution is 2.27. The van der Waals surface area contributed by atoms with Crippen molar-refractivity contribution in [3.63, 3.8) is 0 Å². The van der Waals surface area contributed by atoms with E-state index in [1.807, 2.05) is 30.3 Å². The van der Waals surface area contributed by atoms with Gasteiger partial charge in [0.15, 0.2) is 0 Å². The Morgan fingerprint density at radius 1 is 1.35 bits per heavy atom. The first-order valence-electron chi connectivity index (χ1n) is 7.61. The highest BCUT2D eigenvalue weighted by Gasteiger charge is 2.28. The second-order valence-electron chi connectivity index (χ2n) is 5.98. The van der Waals surface area contributed by atoms with Gasteiger partial charge in [0, 0.05) is 24.7 Å². The molecule has 1 saturated heterocycles. The van der Waals surface area contributed by atoms with Crippen LogP contribution in [-0.2, 0) is 14.8 Å². The first-order chi connectivity index (χ1) is 10.9. The van der Waals surface area contributed by atoms with E-state index in [0.717, 1.165) is 30.4 Å². The third-order valence-electron chi connectivity index (χ3n) is 4.00. The van der Waals surface area contributed by atoms with Crippen molar-refractivity contribution in [1.29, 1.82) is 0 Å². The van der Waals surface area contributed by atoms with Crippen LogP contribution in [0.15, 0.2) is 29.8 Å². The summed E-state index contributed by atoms with van der Waals surface area (Å²) in [5, 5.41) is 0. The van der Waals surface area contributed by atoms with E-state index in [4.69, 9.17) is 4.74 Å². The van der Waals surface area contributed by atoms with Gasteiger partial charge in [-0.2, -0.15) is 0 Å². The molecule has 7 heteroatoms. The predicted molar refractivity (Wildman–Crippen MR) is 87.5 cm³/mol. The summed E-state index contributed by atoms with van der Waals surface area (Å²) in [6.07, 6.45) is 4.52. The largest absolute Gasteiger partial charge is 0.488 e. The van der Waals surface area contributed by atoms with Crippen molar-refractivity contribution in [3.05, 3.63) is 35.4 Å². The zero-order chi connectivity index (χ0) is 16.4. The van der Waals surface area contributed by atoms with Crippen LogP contribution in [0.1, 0.15) is 18.4 Å². The Morgan fingerprint density at radius 3 is 2.91 bits per heavy atom. The molecule has 1 N–H and O–H groups in total. The number of sulfonamides is 1. The molecule has 1 atom stereocenters. The van der Waals surface area contributed by atoms with Gasteiger partial charge in [0.25, 0.3) is 5.91 Å². The highest BCUT2D eigenvalue weighted by molar-refractivity contribution is 7.88. The van der Waals surface area contributed by atoms with Gasteiger partial charge in [-0.15, -0.1) is 0 Å². The van der Waals surface area contributed by atoms with Crippen molar-refractivity contribution < 1.29 is 17.9 Å². The molecule has 0 aromatic heterocycles. The Labute approximate surface area is 136 Å². The minimum absolute atomic E-state index is 0.0838. The molecule has 0 saturated carbocycles. The molecule has 0 unspecified atom stereocenters. The molecule has 6 nitrogen and oxygen atoms in total. The van der Waals surface area contributed by atoms with Crippen molar-refractivity contribution in [2.24, 2.45) is 0 Å². The summed E-state index contributed by atoms with van der Waals surface area (Å²) in [6.45, 7) is 1.28. The van der Waals surface area contributed by atoms with E-state index in [2.05, 4.69) is 4.72 Å². The van der Waals surface area contributed by atoms with Crippen LogP contribution in [0.2, 0.25) is 0 Å². The smallest absolute Gasteiger partial charge is 0.253 e. The molecule has 1 aromatic carbocycles. The molecule has 2 aliphatic heterocycles. The SMILES string of the molecule is CS(=O)(=O)N[C@H]1CCCN(C(=O)C2=Cc3ccccc3OC2)C1. The fraction of sp³-hybridized carbons (Fsp3) is 0.438. The van der Waals surface area contributed by atoms with E-state index in [1.165, 1.54) is 0 Å². The minimum Gasteiger partial charge on any atom is -0.488 e. The number of benzene rings is 1. The Hall–Kier alpha value is -1.86. The number of hydrogen-bond acceptors (Lipinski definition) is 4. The normalized spacial score (nSPS) is 21.2. The number of nitrogens with one attached hydrogen (secondary N) is 1. The number of amides is 1. The zero-order valence-corrected chi connectivity index (χ0v) is 13.8. The molecule has 1 fully saturated rings. The first-order valence-corrected chi connectivity index (χ1v) is 9.50. The summed E-state index contributed by atoms with van der Waals surface area (Å²) in [6, 6.07) is 7.36. The van der Waals surface area contributed by atoms with Gasteiger partial charge in [-0.25, -0.2) is 13.1 Å². The van der Waals surface area contributed by atoms with Gasteiger partial charge in [0.2, 0.25) is 10.0 Å². The quantitative estimate of drug-likeness (QED) is 0.894. The zero-order valence-electron chi connectivity index (χ0n) is 13.0. The maximum absolute atomic E-state index is 12.7. The fourth-order valence-corrected chi connectivity index (χ4v) is 3.80. The summed E-state index contributed by atoms with van der Waals surface area (Å²) < 4.78 is 31.0. The number of carbonyl (C=O) groups excluding carboxylic acids is 1. The first kappa shape index (κ1) is 16.0. The molecule has 0 bridgehead atoms. The number of ether oxygens (including phenoxy) is 1. The lowest BCUT2D eigenvalue weighted by Crippen LogP contribution is -2.50. The van der Waals surface area contributed by atoms with E-state index >= 15 is 0 Å². The Kier molecular flexibility index (Phi) is 4.41. The standard InChI is InChI=1S/C16H20N2O4S/c1-23(20,21)17-14-6-4-8-18(10-14)16(19)13-9-12-5-2-3-7-15(12)22-11-13/h2-3,5,7,9,14,17H,4,6,8,10-11H2,1H3/t14-/m0/s1. The number of carbonyl (C=O) groups is 1. The predicted octanol–water partition coefficient (Wildman–Crippen LogP) is 1.00. The van der Waals surface area contributed by atoms with Crippen LogP contribution in [0.5, 0.6) is 5.75 Å². The average Bonchev–Trinajstić information content (AvgIpc) is 2.52. The van der Waals surface area contributed by atoms with E-state index in [-0.39, 0.29) is 18.6 Å². The van der Waals surface area contributed by atoms with E-state index < -0.39 is 10.0 Å². The molecule has 3 rings (SSSR count). The lowest BCUT2D eigenvalue weighted by molar-refractivity contribution is -0.128. The van der Waals surface area contributed by atoms with Crippen LogP contribution < -0.4 is 9.46 Å². The van der Waals surface area contributed by atoms with Crippen molar-refractivity contribution in [2.45, 2.75) is 18.9 Å². The number of fused-ring (bicyclic) bond motifs is 1. The van der Waals surface area contributed by atoms with Crippen LogP contribution in [-0.4, -0.2) is 51.2 Å². The number of hydrogen-bond donors (Lipinski definition) is 1. The molecule has 1 amide bonds. The van der Waals surface area contributed by atoms with Crippen molar-refractivity contribution in [1.82, 2.24) is 9.62 Å². The van der Waals surface area contributed by atoms with Crippen molar-refractivity contribution >= 4 is 22.0 Å². The molecular weight excluding hydrogens is 316 g/mol. The molecule has 1 aromatic rings. The van der Waals surface area contributed by atoms with Gasteiger partial charge >= 0.3 is 0 Å². The van der Waals surface area contributed by atoms with E-state index in [9.17, 15) is 13.2 Å². The number of nitrogens with zero attached hydrogens (tertiary/aromatic N) is 1. The van der Waals surface area contributed by atoms with Gasteiger partial charge in [-0.3, -0.25) is 4.79 Å². The summed E-state index contributed by atoms with van der Waals surface area (Å²) in [7, 11) is -3.26. The van der Waals surface area contributed by atoms with Gasteiger partial charge < -0.3 is 9.64 Å². The Bertz CT molecular complexity index is 742. The number of likely N-dealkylation sites (tertiary alicyclic amines) is 1. The Morgan fingerprint density at radius 2 is 2.13 bits per heavy atom. The van der Waals surface area contributed by atoms with Crippen LogP contribution in [0, 0.1) is 0 Å². The van der Waals surface area contributed by atoms with Crippen LogP contribution in [0.4, 0.5) is 0 Å². The lowest BCUT2D eigenvalue weighted by atomic mass is 10.0. The van der Waals surface area contributed by atoms with Gasteiger partial charge in [0.1, 0.15) is 12.4 Å². The van der Waals surface area contributed by atoms with Crippen LogP contribution >= 0.6 is 0 Å². The van der Waals surface area contributed by atoms with Gasteiger partial charge in [-0.05, 0) is 25.0 Å². The summed E-state index contributed by atoms with van der Waals surface area (Å²) in [5.41, 5.74) is 1.49. The van der Waals surface area contributed by atoms with E-state index in [1.54, 1.807) is 4.90 Å². The topological polar surface area (TPSA) is 75.7 Å². The maximum Gasteiger partial charge on any atom is 0.253 e. The number of rotatable bonds is 3. The molecule has 2 heterocycles. The average molecular weight is 336 g/mol. The third-order valence-corrected chi connectivity index (χ3v) is 4.76. The molecular formula is C16H20N2O4S. The molecule has 23 heavy (non-hydrogen) atoms. The molecule has 124 valence electrons. The third kappa shape index (κ3) is 3.92. The van der Waals surface area contributed by atoms with Gasteiger partial charge in [0.05, 0.1) is 11.8 Å². The van der Waals surface area contributed by atoms with E-state index in [0.29, 0.717) is 18.7 Å².